The zero-order valence-corrected chi connectivity index (χ0v) is 28.6. The number of ether oxygens (including phenoxy) is 1. The molecule has 0 radical (unpaired) electrons. The molecule has 6 N–H and O–H groups in total. The van der Waals surface area contributed by atoms with Crippen molar-refractivity contribution in [3.05, 3.63) is 82.8 Å². The molecule has 2 aromatic rings. The highest BCUT2D eigenvalue weighted by Gasteiger charge is 2.38. The smallest absolute Gasteiger partial charge is 0.408 e. The molecule has 0 spiro atoms. The van der Waals surface area contributed by atoms with Crippen LogP contribution >= 0.6 is 0 Å². The molecule has 16 heteroatoms. The third-order valence-corrected chi connectivity index (χ3v) is 8.51. The van der Waals surface area contributed by atoms with Crippen LogP contribution in [-0.2, 0) is 58.0 Å². The van der Waals surface area contributed by atoms with Crippen molar-refractivity contribution in [2.24, 2.45) is 11.8 Å². The maximum absolute atomic E-state index is 14.0. The van der Waals surface area contributed by atoms with Gasteiger partial charge in [0.05, 0.1) is 18.9 Å². The number of benzene rings is 2. The molecular formula is C34H42N4O11S. The quantitative estimate of drug-likeness (QED) is 0.137. The lowest BCUT2D eigenvalue weighted by molar-refractivity contribution is -0.140. The minimum atomic E-state index is -3.65. The van der Waals surface area contributed by atoms with Crippen LogP contribution in [0.3, 0.4) is 0 Å². The largest absolute Gasteiger partial charge is 0.481 e. The predicted octanol–water partition coefficient (Wildman–Crippen LogP) is 1.31. The van der Waals surface area contributed by atoms with Gasteiger partial charge in [0, 0.05) is 11.7 Å². The molecule has 0 saturated heterocycles. The Kier molecular flexibility index (Phi) is 14.1. The lowest BCUT2D eigenvalue weighted by Crippen LogP contribution is -2.60. The van der Waals surface area contributed by atoms with E-state index < -0.39 is 94.4 Å². The van der Waals surface area contributed by atoms with E-state index in [1.165, 1.54) is 0 Å². The molecule has 50 heavy (non-hydrogen) atoms. The molecular weight excluding hydrogens is 672 g/mol. The summed E-state index contributed by atoms with van der Waals surface area (Å²) in [6.45, 7) is 3.10. The van der Waals surface area contributed by atoms with Gasteiger partial charge in [0.25, 0.3) is 0 Å². The summed E-state index contributed by atoms with van der Waals surface area (Å²) in [5.41, 5.74) is 2.52. The number of alkyl carbamates (subject to hydrolysis) is 1. The molecule has 0 fully saturated rings. The summed E-state index contributed by atoms with van der Waals surface area (Å²) in [4.78, 5) is 76.6. The van der Waals surface area contributed by atoms with E-state index in [9.17, 15) is 47.4 Å². The molecule has 3 rings (SSSR count). The first-order chi connectivity index (χ1) is 23.5. The van der Waals surface area contributed by atoms with E-state index in [1.54, 1.807) is 44.2 Å². The van der Waals surface area contributed by atoms with Crippen LogP contribution in [-0.4, -0.2) is 84.8 Å². The summed E-state index contributed by atoms with van der Waals surface area (Å²) in [7, 11) is -3.65. The number of nitrogens with one attached hydrogen (secondary N) is 4. The number of aliphatic carboxylic acids is 2. The Balaban J connectivity index is 1.83. The number of carbonyl (C=O) groups is 6. The van der Waals surface area contributed by atoms with Gasteiger partial charge in [-0.15, -0.1) is 0 Å². The van der Waals surface area contributed by atoms with Crippen molar-refractivity contribution >= 4 is 45.6 Å². The molecule has 4 amide bonds. The van der Waals surface area contributed by atoms with E-state index in [-0.39, 0.29) is 6.61 Å². The third kappa shape index (κ3) is 12.7. The molecule has 0 aromatic heterocycles. The number of hydrogen-bond acceptors (Lipinski definition) is 9. The van der Waals surface area contributed by atoms with Gasteiger partial charge in [-0.1, -0.05) is 74.5 Å². The number of rotatable bonds is 17. The Bertz CT molecular complexity index is 1670. The van der Waals surface area contributed by atoms with Gasteiger partial charge in [0.2, 0.25) is 17.7 Å². The number of carbonyl (C=O) groups excluding carboxylic acids is 4. The first kappa shape index (κ1) is 39.2. The highest BCUT2D eigenvalue weighted by molar-refractivity contribution is 7.93. The van der Waals surface area contributed by atoms with Crippen LogP contribution in [0.1, 0.15) is 43.4 Å². The van der Waals surface area contributed by atoms with Crippen molar-refractivity contribution in [1.29, 1.82) is 0 Å². The molecule has 4 atom stereocenters. The zero-order valence-electron chi connectivity index (χ0n) is 27.8. The van der Waals surface area contributed by atoms with E-state index in [4.69, 9.17) is 4.74 Å². The van der Waals surface area contributed by atoms with E-state index in [0.717, 1.165) is 28.9 Å². The average Bonchev–Trinajstić information content (AvgIpc) is 3.47. The van der Waals surface area contributed by atoms with Gasteiger partial charge in [0.15, 0.2) is 9.84 Å². The van der Waals surface area contributed by atoms with Crippen molar-refractivity contribution < 1.29 is 52.1 Å². The Labute approximate surface area is 289 Å². The van der Waals surface area contributed by atoms with Crippen molar-refractivity contribution in [3.63, 3.8) is 0 Å². The summed E-state index contributed by atoms with van der Waals surface area (Å²) >= 11 is 0. The molecule has 15 nitrogen and oxygen atoms in total. The summed E-state index contributed by atoms with van der Waals surface area (Å²) < 4.78 is 28.4. The van der Waals surface area contributed by atoms with Crippen molar-refractivity contribution in [2.75, 3.05) is 6.26 Å². The van der Waals surface area contributed by atoms with Crippen LogP contribution in [0.25, 0.3) is 0 Å². The van der Waals surface area contributed by atoms with Crippen LogP contribution in [0.5, 0.6) is 0 Å². The van der Waals surface area contributed by atoms with E-state index >= 15 is 0 Å². The maximum atomic E-state index is 14.0. The van der Waals surface area contributed by atoms with Gasteiger partial charge in [-0.25, -0.2) is 13.2 Å². The fourth-order valence-electron chi connectivity index (χ4n) is 5.41. The van der Waals surface area contributed by atoms with Gasteiger partial charge in [0.1, 0.15) is 24.7 Å². The standard InChI is InChI=1S/C34H42N4O11S/c1-20(2)29(32(44)35-25(17-27(39)40)13-14-50(3,47)48)37-33(45)30(24-15-22-11-7-8-12-23(22)16-24)38-31(43)26(18-28(41)42)36-34(46)49-19-21-9-5-4-6-10-21/h4-14,20,24-26,29-30H,15-19H2,1-3H3,(H,35,44)(H,36,46)(H,37,45)(H,38,43)(H,39,40)(H,41,42). The Morgan fingerprint density at radius 1 is 0.800 bits per heavy atom. The second-order valence-electron chi connectivity index (χ2n) is 12.4. The van der Waals surface area contributed by atoms with E-state index in [1.807, 2.05) is 24.3 Å². The number of fused-ring (bicyclic) bond motifs is 1. The summed E-state index contributed by atoms with van der Waals surface area (Å²) in [5, 5.41) is 29.5. The molecule has 0 heterocycles. The van der Waals surface area contributed by atoms with Crippen LogP contribution < -0.4 is 21.3 Å². The topological polar surface area (TPSA) is 234 Å². The first-order valence-corrected chi connectivity index (χ1v) is 17.7. The Morgan fingerprint density at radius 3 is 1.92 bits per heavy atom. The number of amides is 4. The van der Waals surface area contributed by atoms with Crippen LogP contribution in [0.4, 0.5) is 4.79 Å². The lowest BCUT2D eigenvalue weighted by Gasteiger charge is -2.30. The second kappa shape index (κ2) is 17.9. The second-order valence-corrected chi connectivity index (χ2v) is 14.3. The molecule has 2 aromatic carbocycles. The van der Waals surface area contributed by atoms with Crippen molar-refractivity contribution in [3.8, 4) is 0 Å². The van der Waals surface area contributed by atoms with Gasteiger partial charge in [-0.3, -0.25) is 24.0 Å². The number of carboxylic acids is 2. The highest BCUT2D eigenvalue weighted by Crippen LogP contribution is 2.29. The Hall–Kier alpha value is -5.25. The summed E-state index contributed by atoms with van der Waals surface area (Å²) in [6.07, 6.45) is 0.137. The summed E-state index contributed by atoms with van der Waals surface area (Å²) in [6, 6.07) is 10.7. The van der Waals surface area contributed by atoms with Gasteiger partial charge in [-0.2, -0.15) is 0 Å². The van der Waals surface area contributed by atoms with Crippen molar-refractivity contribution in [2.45, 2.75) is 70.3 Å². The van der Waals surface area contributed by atoms with Crippen LogP contribution in [0, 0.1) is 11.8 Å². The average molecular weight is 715 g/mol. The predicted molar refractivity (Wildman–Crippen MR) is 180 cm³/mol. The minimum Gasteiger partial charge on any atom is -0.481 e. The zero-order chi connectivity index (χ0) is 37.0. The minimum absolute atomic E-state index is 0.143. The SMILES string of the molecule is CC(C)C(NC(=O)C(NC(=O)C(CC(=O)O)NC(=O)OCc1ccccc1)C1Cc2ccccc2C1)C(=O)NC(C=CS(C)(=O)=O)CC(=O)O. The lowest BCUT2D eigenvalue weighted by atomic mass is 9.93. The molecule has 4 unspecified atom stereocenters. The number of sulfone groups is 1. The van der Waals surface area contributed by atoms with E-state index in [0.29, 0.717) is 18.4 Å². The fourth-order valence-corrected chi connectivity index (χ4v) is 5.89. The summed E-state index contributed by atoms with van der Waals surface area (Å²) in [5.74, 6) is -6.35. The van der Waals surface area contributed by atoms with Gasteiger partial charge < -0.3 is 36.2 Å². The molecule has 270 valence electrons. The molecule has 0 bridgehead atoms. The highest BCUT2D eigenvalue weighted by atomic mass is 32.2. The fraction of sp³-hybridized carbons (Fsp3) is 0.412. The molecule has 1 aliphatic rings. The Morgan fingerprint density at radius 2 is 1.38 bits per heavy atom. The van der Waals surface area contributed by atoms with Crippen LogP contribution in [0.2, 0.25) is 0 Å². The number of carboxylic acid groups (broad SMARTS) is 2. The third-order valence-electron chi connectivity index (χ3n) is 7.86. The first-order valence-electron chi connectivity index (χ1n) is 15.8. The van der Waals surface area contributed by atoms with Gasteiger partial charge >= 0.3 is 18.0 Å². The maximum Gasteiger partial charge on any atom is 0.408 e. The monoisotopic (exact) mass is 714 g/mol. The molecule has 0 aliphatic heterocycles. The molecule has 0 saturated carbocycles. The van der Waals surface area contributed by atoms with Crippen molar-refractivity contribution in [1.82, 2.24) is 21.3 Å². The van der Waals surface area contributed by atoms with E-state index in [2.05, 4.69) is 21.3 Å². The van der Waals surface area contributed by atoms with Crippen LogP contribution in [0.15, 0.2) is 66.1 Å². The number of hydrogen-bond donors (Lipinski definition) is 6. The van der Waals surface area contributed by atoms with Gasteiger partial charge in [-0.05, 0) is 41.4 Å². The normalized spacial score (nSPS) is 15.3. The molecule has 1 aliphatic carbocycles.